The first-order chi connectivity index (χ1) is 8.24. The van der Waals surface area contributed by atoms with Crippen LogP contribution in [0.2, 0.25) is 0 Å². The molecule has 0 radical (unpaired) electrons. The smallest absolute Gasteiger partial charge is 0.122 e. The Morgan fingerprint density at radius 3 is 2.71 bits per heavy atom. The van der Waals surface area contributed by atoms with Crippen molar-refractivity contribution in [3.63, 3.8) is 0 Å². The van der Waals surface area contributed by atoms with E-state index in [1.54, 1.807) is 0 Å². The summed E-state index contributed by atoms with van der Waals surface area (Å²) in [7, 11) is 0. The Morgan fingerprint density at radius 2 is 2.00 bits per heavy atom. The lowest BCUT2D eigenvalue weighted by atomic mass is 10.1. The van der Waals surface area contributed by atoms with E-state index in [0.29, 0.717) is 6.54 Å². The quantitative estimate of drug-likeness (QED) is 0.680. The maximum Gasteiger partial charge on any atom is 0.122 e. The summed E-state index contributed by atoms with van der Waals surface area (Å²) < 4.78 is 5.72. The van der Waals surface area contributed by atoms with Crippen molar-refractivity contribution in [1.82, 2.24) is 5.32 Å². The van der Waals surface area contributed by atoms with Crippen LogP contribution >= 0.6 is 0 Å². The van der Waals surface area contributed by atoms with Gasteiger partial charge in [0, 0.05) is 6.54 Å². The maximum atomic E-state index is 8.58. The molecule has 2 N–H and O–H groups in total. The van der Waals surface area contributed by atoms with E-state index in [1.165, 1.54) is 11.1 Å². The van der Waals surface area contributed by atoms with Crippen molar-refractivity contribution >= 4 is 0 Å². The van der Waals surface area contributed by atoms with Gasteiger partial charge >= 0.3 is 0 Å². The zero-order valence-corrected chi connectivity index (χ0v) is 10.8. The monoisotopic (exact) mass is 237 g/mol. The molecule has 0 aromatic heterocycles. The molecule has 0 aliphatic rings. The van der Waals surface area contributed by atoms with Crippen LogP contribution in [0.4, 0.5) is 0 Å². The van der Waals surface area contributed by atoms with Crippen LogP contribution in [0.3, 0.4) is 0 Å². The van der Waals surface area contributed by atoms with E-state index in [-0.39, 0.29) is 6.61 Å². The number of aliphatic hydroxyl groups is 1. The standard InChI is InChI=1S/C14H23NO2/c1-12-5-6-14(13(2)11-12)17-10-4-3-7-15-8-9-16/h5-6,11,15-16H,3-4,7-10H2,1-2H3. The molecule has 1 aromatic rings. The first-order valence-electron chi connectivity index (χ1n) is 6.25. The van der Waals surface area contributed by atoms with Gasteiger partial charge in [0.2, 0.25) is 0 Å². The van der Waals surface area contributed by atoms with Crippen LogP contribution in [0, 0.1) is 13.8 Å². The van der Waals surface area contributed by atoms with E-state index in [4.69, 9.17) is 9.84 Å². The summed E-state index contributed by atoms with van der Waals surface area (Å²) in [4.78, 5) is 0. The van der Waals surface area contributed by atoms with Crippen LogP contribution in [0.5, 0.6) is 5.75 Å². The Morgan fingerprint density at radius 1 is 1.18 bits per heavy atom. The molecule has 0 saturated carbocycles. The minimum atomic E-state index is 0.207. The van der Waals surface area contributed by atoms with Gasteiger partial charge in [-0.2, -0.15) is 0 Å². The van der Waals surface area contributed by atoms with Crippen molar-refractivity contribution < 1.29 is 9.84 Å². The lowest BCUT2D eigenvalue weighted by molar-refractivity contribution is 0.286. The second-order valence-electron chi connectivity index (χ2n) is 4.30. The maximum absolute atomic E-state index is 8.58. The van der Waals surface area contributed by atoms with Crippen molar-refractivity contribution in [3.05, 3.63) is 29.3 Å². The van der Waals surface area contributed by atoms with Crippen LogP contribution < -0.4 is 10.1 Å². The summed E-state index contributed by atoms with van der Waals surface area (Å²) in [5.74, 6) is 0.985. The molecule has 3 nitrogen and oxygen atoms in total. The Labute approximate surface area is 104 Å². The van der Waals surface area contributed by atoms with Crippen molar-refractivity contribution in [2.75, 3.05) is 26.3 Å². The Hall–Kier alpha value is -1.06. The van der Waals surface area contributed by atoms with Gasteiger partial charge in [0.1, 0.15) is 5.75 Å². The number of benzene rings is 1. The number of nitrogens with one attached hydrogen (secondary N) is 1. The third-order valence-electron chi connectivity index (χ3n) is 2.62. The molecule has 0 spiro atoms. The second-order valence-corrected chi connectivity index (χ2v) is 4.30. The molecule has 0 aliphatic heterocycles. The van der Waals surface area contributed by atoms with Gasteiger partial charge in [0.05, 0.1) is 13.2 Å². The molecule has 1 aromatic carbocycles. The minimum Gasteiger partial charge on any atom is -0.493 e. The van der Waals surface area contributed by atoms with Crippen molar-refractivity contribution in [2.45, 2.75) is 26.7 Å². The molecule has 0 aliphatic carbocycles. The molecular formula is C14H23NO2. The SMILES string of the molecule is Cc1ccc(OCCCCNCCO)c(C)c1. The van der Waals surface area contributed by atoms with Crippen molar-refractivity contribution in [3.8, 4) is 5.75 Å². The van der Waals surface area contributed by atoms with Gasteiger partial charge in [-0.1, -0.05) is 17.7 Å². The number of rotatable bonds is 8. The summed E-state index contributed by atoms with van der Waals surface area (Å²) >= 11 is 0. The van der Waals surface area contributed by atoms with Crippen LogP contribution in [0.1, 0.15) is 24.0 Å². The largest absolute Gasteiger partial charge is 0.493 e. The Balaban J connectivity index is 2.14. The Bertz CT molecular complexity index is 326. The van der Waals surface area contributed by atoms with Gasteiger partial charge < -0.3 is 15.2 Å². The van der Waals surface area contributed by atoms with E-state index in [0.717, 1.165) is 31.7 Å². The summed E-state index contributed by atoms with van der Waals surface area (Å²) in [5, 5.41) is 11.7. The zero-order valence-electron chi connectivity index (χ0n) is 10.8. The van der Waals surface area contributed by atoms with Crippen molar-refractivity contribution in [2.24, 2.45) is 0 Å². The molecule has 0 fully saturated rings. The van der Waals surface area contributed by atoms with Gasteiger partial charge in [-0.3, -0.25) is 0 Å². The average molecular weight is 237 g/mol. The average Bonchev–Trinajstić information content (AvgIpc) is 2.30. The van der Waals surface area contributed by atoms with E-state index < -0.39 is 0 Å². The predicted octanol–water partition coefficient (Wildman–Crippen LogP) is 2.04. The lowest BCUT2D eigenvalue weighted by Gasteiger charge is -2.09. The van der Waals surface area contributed by atoms with Crippen LogP contribution in [-0.4, -0.2) is 31.4 Å². The third-order valence-corrected chi connectivity index (χ3v) is 2.62. The fourth-order valence-corrected chi connectivity index (χ4v) is 1.70. The molecule has 0 bridgehead atoms. The summed E-state index contributed by atoms with van der Waals surface area (Å²) in [6.45, 7) is 6.74. The number of hydrogen-bond acceptors (Lipinski definition) is 3. The Kier molecular flexibility index (Phi) is 6.67. The second kappa shape index (κ2) is 8.09. The van der Waals surface area contributed by atoms with Gasteiger partial charge in [-0.05, 0) is 44.9 Å². The fourth-order valence-electron chi connectivity index (χ4n) is 1.70. The third kappa shape index (κ3) is 5.71. The first-order valence-corrected chi connectivity index (χ1v) is 6.25. The molecule has 0 heterocycles. The topological polar surface area (TPSA) is 41.5 Å². The summed E-state index contributed by atoms with van der Waals surface area (Å²) in [6.07, 6.45) is 2.11. The normalized spacial score (nSPS) is 10.5. The predicted molar refractivity (Wildman–Crippen MR) is 70.6 cm³/mol. The van der Waals surface area contributed by atoms with E-state index in [2.05, 4.69) is 31.3 Å². The van der Waals surface area contributed by atoms with Crippen molar-refractivity contribution in [1.29, 1.82) is 0 Å². The van der Waals surface area contributed by atoms with Gasteiger partial charge in [0.25, 0.3) is 0 Å². The van der Waals surface area contributed by atoms with Crippen LogP contribution in [0.15, 0.2) is 18.2 Å². The lowest BCUT2D eigenvalue weighted by Crippen LogP contribution is -2.19. The van der Waals surface area contributed by atoms with E-state index in [9.17, 15) is 0 Å². The zero-order chi connectivity index (χ0) is 12.5. The van der Waals surface area contributed by atoms with E-state index in [1.807, 2.05) is 6.07 Å². The summed E-state index contributed by atoms with van der Waals surface area (Å²) in [5.41, 5.74) is 2.46. The van der Waals surface area contributed by atoms with Gasteiger partial charge in [0.15, 0.2) is 0 Å². The molecule has 0 saturated heterocycles. The molecule has 1 rings (SSSR count). The first kappa shape index (κ1) is 14.0. The molecule has 3 heteroatoms. The fraction of sp³-hybridized carbons (Fsp3) is 0.571. The highest BCUT2D eigenvalue weighted by atomic mass is 16.5. The van der Waals surface area contributed by atoms with Crippen LogP contribution in [0.25, 0.3) is 0 Å². The highest BCUT2D eigenvalue weighted by Gasteiger charge is 1.98. The van der Waals surface area contributed by atoms with E-state index >= 15 is 0 Å². The van der Waals surface area contributed by atoms with Gasteiger partial charge in [-0.15, -0.1) is 0 Å². The number of unbranched alkanes of at least 4 members (excludes halogenated alkanes) is 1. The molecule has 0 unspecified atom stereocenters. The molecule has 17 heavy (non-hydrogen) atoms. The number of aryl methyl sites for hydroxylation is 2. The highest BCUT2D eigenvalue weighted by molar-refractivity contribution is 5.35. The van der Waals surface area contributed by atoms with Crippen LogP contribution in [-0.2, 0) is 0 Å². The number of ether oxygens (including phenoxy) is 1. The van der Waals surface area contributed by atoms with Gasteiger partial charge in [-0.25, -0.2) is 0 Å². The summed E-state index contributed by atoms with van der Waals surface area (Å²) in [6, 6.07) is 6.25. The minimum absolute atomic E-state index is 0.207. The highest BCUT2D eigenvalue weighted by Crippen LogP contribution is 2.18. The molecule has 96 valence electrons. The number of aliphatic hydroxyl groups excluding tert-OH is 1. The molecule has 0 amide bonds. The molecule has 0 atom stereocenters. The molecular weight excluding hydrogens is 214 g/mol. The number of hydrogen-bond donors (Lipinski definition) is 2.